The minimum Gasteiger partial charge on any atom is -0.369 e. The number of aromatic nitrogens is 2. The number of primary amides is 1. The Balaban J connectivity index is 1.83. The summed E-state index contributed by atoms with van der Waals surface area (Å²) < 4.78 is 1.79. The third-order valence-corrected chi connectivity index (χ3v) is 5.46. The van der Waals surface area contributed by atoms with E-state index in [1.54, 1.807) is 15.8 Å². The van der Waals surface area contributed by atoms with E-state index in [0.717, 1.165) is 17.8 Å². The molecule has 0 bridgehead atoms. The third-order valence-electron chi connectivity index (χ3n) is 5.46. The number of nitrogens with two attached hydrogens (primary N) is 1. The monoisotopic (exact) mass is 319 g/mol. The fraction of sp³-hybridized carbons (Fsp3) is 0.688. The Labute approximate surface area is 136 Å². The average Bonchev–Trinajstić information content (AvgIpc) is 3.03. The fourth-order valence-electron chi connectivity index (χ4n) is 3.68. The molecule has 2 amide bonds. The first-order chi connectivity index (χ1) is 10.7. The van der Waals surface area contributed by atoms with Gasteiger partial charge in [-0.2, -0.15) is 5.10 Å². The van der Waals surface area contributed by atoms with Crippen LogP contribution in [0.15, 0.2) is 6.20 Å². The molecule has 0 saturated carbocycles. The van der Waals surface area contributed by atoms with Gasteiger partial charge >= 0.3 is 0 Å². The lowest BCUT2D eigenvalue weighted by Gasteiger charge is -2.45. The Kier molecular flexibility index (Phi) is 3.71. The van der Waals surface area contributed by atoms with Crippen molar-refractivity contribution < 1.29 is 9.59 Å². The standard InChI is InChI=1S/C16H25N5O2/c1-9-10(5-19-20(9)4)11-6-21(7-12(11)14(17)22)15(23)13-16(2,3)8-18-13/h5,11-13,18H,6-8H2,1-4H3,(H2,17,22)/t11-,12+,13?/m0/s1. The summed E-state index contributed by atoms with van der Waals surface area (Å²) in [4.78, 5) is 26.4. The van der Waals surface area contributed by atoms with Gasteiger partial charge in [0.15, 0.2) is 0 Å². The van der Waals surface area contributed by atoms with Gasteiger partial charge in [-0.15, -0.1) is 0 Å². The molecule has 3 rings (SSSR count). The molecule has 126 valence electrons. The topological polar surface area (TPSA) is 93.2 Å². The van der Waals surface area contributed by atoms with Gasteiger partial charge in [-0.05, 0) is 12.5 Å². The molecular formula is C16H25N5O2. The van der Waals surface area contributed by atoms with E-state index in [0.29, 0.717) is 13.1 Å². The molecule has 2 fully saturated rings. The van der Waals surface area contributed by atoms with Crippen LogP contribution in [-0.2, 0) is 16.6 Å². The maximum absolute atomic E-state index is 12.8. The molecule has 2 aliphatic heterocycles. The zero-order valence-corrected chi connectivity index (χ0v) is 14.2. The van der Waals surface area contributed by atoms with Gasteiger partial charge in [0, 0.05) is 43.7 Å². The number of rotatable bonds is 3. The quantitative estimate of drug-likeness (QED) is 0.804. The summed E-state index contributed by atoms with van der Waals surface area (Å²) in [5, 5.41) is 7.46. The van der Waals surface area contributed by atoms with Crippen molar-refractivity contribution in [2.45, 2.75) is 32.7 Å². The predicted octanol–water partition coefficient (Wildman–Crippen LogP) is -0.246. The average molecular weight is 319 g/mol. The number of carbonyl (C=O) groups excluding carboxylic acids is 2. The van der Waals surface area contributed by atoms with Crippen molar-refractivity contribution >= 4 is 11.8 Å². The molecule has 23 heavy (non-hydrogen) atoms. The molecular weight excluding hydrogens is 294 g/mol. The molecule has 2 aliphatic rings. The van der Waals surface area contributed by atoms with Crippen molar-refractivity contribution in [3.05, 3.63) is 17.5 Å². The van der Waals surface area contributed by atoms with Crippen LogP contribution in [0.4, 0.5) is 0 Å². The zero-order chi connectivity index (χ0) is 16.9. The molecule has 0 aliphatic carbocycles. The van der Waals surface area contributed by atoms with Crippen molar-refractivity contribution in [3.63, 3.8) is 0 Å². The first-order valence-electron chi connectivity index (χ1n) is 8.02. The van der Waals surface area contributed by atoms with Crippen LogP contribution in [0.5, 0.6) is 0 Å². The van der Waals surface area contributed by atoms with E-state index in [-0.39, 0.29) is 35.1 Å². The molecule has 1 aromatic heterocycles. The largest absolute Gasteiger partial charge is 0.369 e. The summed E-state index contributed by atoms with van der Waals surface area (Å²) in [6, 6.07) is -0.176. The zero-order valence-electron chi connectivity index (χ0n) is 14.2. The maximum atomic E-state index is 12.8. The second-order valence-electron chi connectivity index (χ2n) is 7.47. The minimum absolute atomic E-state index is 0.0401. The van der Waals surface area contributed by atoms with Gasteiger partial charge < -0.3 is 16.0 Å². The first kappa shape index (κ1) is 16.0. The van der Waals surface area contributed by atoms with Gasteiger partial charge in [0.2, 0.25) is 11.8 Å². The van der Waals surface area contributed by atoms with Gasteiger partial charge in [0.05, 0.1) is 18.2 Å². The summed E-state index contributed by atoms with van der Waals surface area (Å²) >= 11 is 0. The minimum atomic E-state index is -0.356. The Hall–Kier alpha value is -1.89. The summed E-state index contributed by atoms with van der Waals surface area (Å²) in [7, 11) is 1.87. The van der Waals surface area contributed by atoms with Crippen LogP contribution in [0, 0.1) is 18.3 Å². The molecule has 7 nitrogen and oxygen atoms in total. The first-order valence-corrected chi connectivity index (χ1v) is 8.02. The van der Waals surface area contributed by atoms with E-state index in [2.05, 4.69) is 24.3 Å². The third kappa shape index (κ3) is 2.52. The Bertz CT molecular complexity index is 651. The van der Waals surface area contributed by atoms with Gasteiger partial charge in [0.25, 0.3) is 0 Å². The number of nitrogens with zero attached hydrogens (tertiary/aromatic N) is 3. The highest BCUT2D eigenvalue weighted by Gasteiger charge is 2.48. The number of likely N-dealkylation sites (tertiary alicyclic amines) is 1. The second-order valence-corrected chi connectivity index (χ2v) is 7.47. The second kappa shape index (κ2) is 5.33. The highest BCUT2D eigenvalue weighted by atomic mass is 16.2. The molecule has 3 heterocycles. The van der Waals surface area contributed by atoms with Crippen LogP contribution >= 0.6 is 0 Å². The molecule has 1 unspecified atom stereocenters. The van der Waals surface area contributed by atoms with Crippen molar-refractivity contribution in [1.29, 1.82) is 0 Å². The molecule has 7 heteroatoms. The van der Waals surface area contributed by atoms with Crippen LogP contribution in [0.25, 0.3) is 0 Å². The number of aryl methyl sites for hydroxylation is 1. The van der Waals surface area contributed by atoms with Gasteiger partial charge in [-0.3, -0.25) is 14.3 Å². The molecule has 0 radical (unpaired) electrons. The highest BCUT2D eigenvalue weighted by Crippen LogP contribution is 2.36. The molecule has 3 N–H and O–H groups in total. The van der Waals surface area contributed by atoms with Crippen molar-refractivity contribution in [3.8, 4) is 0 Å². The van der Waals surface area contributed by atoms with E-state index < -0.39 is 0 Å². The van der Waals surface area contributed by atoms with Crippen LogP contribution < -0.4 is 11.1 Å². The number of hydrogen-bond acceptors (Lipinski definition) is 4. The van der Waals surface area contributed by atoms with Crippen LogP contribution in [0.1, 0.15) is 31.0 Å². The molecule has 1 aromatic rings. The highest BCUT2D eigenvalue weighted by molar-refractivity contribution is 5.86. The van der Waals surface area contributed by atoms with Crippen molar-refractivity contribution in [2.24, 2.45) is 24.1 Å². The SMILES string of the molecule is Cc1c([C@@H]2CN(C(=O)C3NCC3(C)C)C[C@H]2C(N)=O)cnn1C. The van der Waals surface area contributed by atoms with E-state index >= 15 is 0 Å². The summed E-state index contributed by atoms with van der Waals surface area (Å²) in [5.41, 5.74) is 7.58. The number of carbonyl (C=O) groups is 2. The Morgan fingerprint density at radius 2 is 2.09 bits per heavy atom. The summed E-state index contributed by atoms with van der Waals surface area (Å²) in [5.74, 6) is -0.718. The lowest BCUT2D eigenvalue weighted by atomic mass is 9.76. The molecule has 2 saturated heterocycles. The van der Waals surface area contributed by atoms with Gasteiger partial charge in [0.1, 0.15) is 0 Å². The van der Waals surface area contributed by atoms with E-state index in [1.165, 1.54) is 0 Å². The Morgan fingerprint density at radius 1 is 1.39 bits per heavy atom. The maximum Gasteiger partial charge on any atom is 0.240 e. The molecule has 0 aromatic carbocycles. The van der Waals surface area contributed by atoms with Gasteiger partial charge in [-0.1, -0.05) is 13.8 Å². The van der Waals surface area contributed by atoms with Gasteiger partial charge in [-0.25, -0.2) is 0 Å². The lowest BCUT2D eigenvalue weighted by Crippen LogP contribution is -2.66. The van der Waals surface area contributed by atoms with Crippen molar-refractivity contribution in [1.82, 2.24) is 20.0 Å². The summed E-state index contributed by atoms with van der Waals surface area (Å²) in [6.07, 6.45) is 1.79. The Morgan fingerprint density at radius 3 is 2.52 bits per heavy atom. The number of hydrogen-bond donors (Lipinski definition) is 2. The van der Waals surface area contributed by atoms with E-state index in [4.69, 9.17) is 5.73 Å². The lowest BCUT2D eigenvalue weighted by molar-refractivity contribution is -0.139. The summed E-state index contributed by atoms with van der Waals surface area (Å²) in [6.45, 7) is 7.88. The van der Waals surface area contributed by atoms with Crippen molar-refractivity contribution in [2.75, 3.05) is 19.6 Å². The molecule has 3 atom stereocenters. The van der Waals surface area contributed by atoms with Crippen LogP contribution in [0.3, 0.4) is 0 Å². The smallest absolute Gasteiger partial charge is 0.240 e. The number of amides is 2. The fourth-order valence-corrected chi connectivity index (χ4v) is 3.68. The normalized spacial score (nSPS) is 29.4. The number of nitrogens with one attached hydrogen (secondary N) is 1. The predicted molar refractivity (Wildman–Crippen MR) is 85.5 cm³/mol. The van der Waals surface area contributed by atoms with E-state index in [1.807, 2.05) is 14.0 Å². The van der Waals surface area contributed by atoms with Crippen LogP contribution in [-0.4, -0.2) is 52.2 Å². The van der Waals surface area contributed by atoms with Crippen LogP contribution in [0.2, 0.25) is 0 Å². The van der Waals surface area contributed by atoms with E-state index in [9.17, 15) is 9.59 Å². The molecule has 0 spiro atoms.